The number of anilines is 1. The zero-order valence-corrected chi connectivity index (χ0v) is 10.1. The van der Waals surface area contributed by atoms with Crippen molar-refractivity contribution in [2.75, 3.05) is 11.4 Å². The third-order valence-electron chi connectivity index (χ3n) is 3.66. The summed E-state index contributed by atoms with van der Waals surface area (Å²) in [5.41, 5.74) is 2.61. The molecule has 1 heterocycles. The minimum absolute atomic E-state index is 0.0513. The molecule has 18 heavy (non-hydrogen) atoms. The number of carbonyl (C=O) groups excluding carboxylic acids is 2. The summed E-state index contributed by atoms with van der Waals surface area (Å²) >= 11 is 0. The summed E-state index contributed by atoms with van der Waals surface area (Å²) in [7, 11) is 0. The van der Waals surface area contributed by atoms with Gasteiger partial charge in [-0.15, -0.1) is 0 Å². The molecule has 1 unspecified atom stereocenters. The fourth-order valence-electron chi connectivity index (χ4n) is 2.74. The third-order valence-corrected chi connectivity index (χ3v) is 3.66. The Labute approximate surface area is 105 Å². The van der Waals surface area contributed by atoms with Gasteiger partial charge in [0.05, 0.1) is 19.1 Å². The fourth-order valence-corrected chi connectivity index (χ4v) is 2.74. The van der Waals surface area contributed by atoms with E-state index in [1.165, 1.54) is 0 Å². The summed E-state index contributed by atoms with van der Waals surface area (Å²) in [6.07, 6.45) is 2.00. The summed E-state index contributed by atoms with van der Waals surface area (Å²) in [6, 6.07) is 5.53. The van der Waals surface area contributed by atoms with E-state index in [-0.39, 0.29) is 18.1 Å². The number of aliphatic hydroxyl groups excluding tert-OH is 1. The minimum atomic E-state index is -0.574. The molecule has 94 valence electrons. The van der Waals surface area contributed by atoms with Crippen LogP contribution in [0, 0.1) is 0 Å². The van der Waals surface area contributed by atoms with Gasteiger partial charge in [0.15, 0.2) is 5.78 Å². The standard InChI is InChI=1S/C14H15NO3/c16-11-7-14(18)15(8-11)10-4-5-12-9(6-10)2-1-3-13(12)17/h4-6,11,16H,1-3,7-8H2. The molecule has 1 N–H and O–H groups in total. The molecule has 1 aromatic carbocycles. The Morgan fingerprint density at radius 2 is 2.06 bits per heavy atom. The Balaban J connectivity index is 1.95. The lowest BCUT2D eigenvalue weighted by Crippen LogP contribution is -2.25. The third kappa shape index (κ3) is 1.82. The predicted molar refractivity (Wildman–Crippen MR) is 66.7 cm³/mol. The van der Waals surface area contributed by atoms with E-state index in [4.69, 9.17) is 0 Å². The molecule has 4 heteroatoms. The van der Waals surface area contributed by atoms with Crippen molar-refractivity contribution in [2.45, 2.75) is 31.8 Å². The molecule has 1 aliphatic heterocycles. The molecule has 1 saturated heterocycles. The van der Waals surface area contributed by atoms with Crippen molar-refractivity contribution in [3.05, 3.63) is 29.3 Å². The molecule has 3 rings (SSSR count). The van der Waals surface area contributed by atoms with Gasteiger partial charge in [-0.05, 0) is 36.6 Å². The number of rotatable bonds is 1. The Kier molecular flexibility index (Phi) is 2.67. The van der Waals surface area contributed by atoms with Crippen LogP contribution in [0.1, 0.15) is 35.2 Å². The number of fused-ring (bicyclic) bond motifs is 1. The van der Waals surface area contributed by atoms with E-state index < -0.39 is 6.10 Å². The summed E-state index contributed by atoms with van der Waals surface area (Å²) < 4.78 is 0. The SMILES string of the molecule is O=C1CCCc2cc(N3CC(O)CC3=O)ccc21. The predicted octanol–water partition coefficient (Wildman–Crippen LogP) is 1.30. The second-order valence-corrected chi connectivity index (χ2v) is 4.98. The van der Waals surface area contributed by atoms with Crippen LogP contribution in [0.25, 0.3) is 0 Å². The molecule has 1 fully saturated rings. The van der Waals surface area contributed by atoms with Crippen LogP contribution in [0.2, 0.25) is 0 Å². The lowest BCUT2D eigenvalue weighted by molar-refractivity contribution is -0.117. The van der Waals surface area contributed by atoms with Gasteiger partial charge >= 0.3 is 0 Å². The van der Waals surface area contributed by atoms with Crippen LogP contribution in [-0.2, 0) is 11.2 Å². The van der Waals surface area contributed by atoms with E-state index in [0.29, 0.717) is 13.0 Å². The summed E-state index contributed by atoms with van der Waals surface area (Å²) in [5.74, 6) is 0.139. The highest BCUT2D eigenvalue weighted by atomic mass is 16.3. The molecule has 1 aromatic rings. The van der Waals surface area contributed by atoms with Crippen LogP contribution in [-0.4, -0.2) is 29.4 Å². The van der Waals surface area contributed by atoms with Gasteiger partial charge in [0.25, 0.3) is 0 Å². The van der Waals surface area contributed by atoms with Gasteiger partial charge < -0.3 is 10.0 Å². The van der Waals surface area contributed by atoms with Gasteiger partial charge in [-0.2, -0.15) is 0 Å². The maximum atomic E-state index is 11.7. The maximum absolute atomic E-state index is 11.7. The first kappa shape index (κ1) is 11.4. The molecule has 0 saturated carbocycles. The van der Waals surface area contributed by atoms with Crippen molar-refractivity contribution in [1.29, 1.82) is 0 Å². The first-order valence-corrected chi connectivity index (χ1v) is 6.30. The highest BCUT2D eigenvalue weighted by Crippen LogP contribution is 2.28. The highest BCUT2D eigenvalue weighted by molar-refractivity contribution is 6.00. The first-order valence-electron chi connectivity index (χ1n) is 6.30. The maximum Gasteiger partial charge on any atom is 0.229 e. The lowest BCUT2D eigenvalue weighted by Gasteiger charge is -2.20. The average molecular weight is 245 g/mol. The normalized spacial score (nSPS) is 23.4. The van der Waals surface area contributed by atoms with Crippen LogP contribution >= 0.6 is 0 Å². The number of ketones is 1. The van der Waals surface area contributed by atoms with Gasteiger partial charge in [0.1, 0.15) is 0 Å². The number of hydrogen-bond acceptors (Lipinski definition) is 3. The topological polar surface area (TPSA) is 57.6 Å². The van der Waals surface area contributed by atoms with Crippen molar-refractivity contribution < 1.29 is 14.7 Å². The van der Waals surface area contributed by atoms with E-state index >= 15 is 0 Å². The number of Topliss-reactive ketones (excluding diaryl/α,β-unsaturated/α-hetero) is 1. The van der Waals surface area contributed by atoms with Crippen LogP contribution in [0.5, 0.6) is 0 Å². The number of carbonyl (C=O) groups is 2. The number of aryl methyl sites for hydroxylation is 1. The average Bonchev–Trinajstić information content (AvgIpc) is 2.68. The Morgan fingerprint density at radius 3 is 2.78 bits per heavy atom. The Hall–Kier alpha value is -1.68. The smallest absolute Gasteiger partial charge is 0.229 e. The number of benzene rings is 1. The second kappa shape index (κ2) is 4.21. The van der Waals surface area contributed by atoms with Gasteiger partial charge in [-0.1, -0.05) is 0 Å². The molecule has 0 bridgehead atoms. The van der Waals surface area contributed by atoms with E-state index in [9.17, 15) is 14.7 Å². The van der Waals surface area contributed by atoms with Crippen molar-refractivity contribution in [3.63, 3.8) is 0 Å². The van der Waals surface area contributed by atoms with Crippen molar-refractivity contribution in [3.8, 4) is 0 Å². The molecule has 0 aromatic heterocycles. The van der Waals surface area contributed by atoms with E-state index in [1.807, 2.05) is 12.1 Å². The van der Waals surface area contributed by atoms with E-state index in [2.05, 4.69) is 0 Å². The van der Waals surface area contributed by atoms with Gasteiger partial charge in [0.2, 0.25) is 5.91 Å². The molecular formula is C14H15NO3. The number of hydrogen-bond donors (Lipinski definition) is 1. The van der Waals surface area contributed by atoms with Crippen molar-refractivity contribution in [1.82, 2.24) is 0 Å². The minimum Gasteiger partial charge on any atom is -0.391 e. The Morgan fingerprint density at radius 1 is 1.22 bits per heavy atom. The summed E-state index contributed by atoms with van der Waals surface area (Å²) in [4.78, 5) is 25.0. The zero-order valence-electron chi connectivity index (χ0n) is 10.1. The first-order chi connectivity index (χ1) is 8.65. The van der Waals surface area contributed by atoms with Crippen molar-refractivity contribution in [2.24, 2.45) is 0 Å². The second-order valence-electron chi connectivity index (χ2n) is 4.98. The number of aliphatic hydroxyl groups is 1. The molecule has 1 amide bonds. The fraction of sp³-hybridized carbons (Fsp3) is 0.429. The lowest BCUT2D eigenvalue weighted by atomic mass is 9.90. The van der Waals surface area contributed by atoms with E-state index in [1.54, 1.807) is 11.0 Å². The van der Waals surface area contributed by atoms with Crippen LogP contribution in [0.15, 0.2) is 18.2 Å². The number of amides is 1. The quantitative estimate of drug-likeness (QED) is 0.811. The van der Waals surface area contributed by atoms with Crippen LogP contribution in [0.3, 0.4) is 0 Å². The largest absolute Gasteiger partial charge is 0.391 e. The number of nitrogens with zero attached hydrogens (tertiary/aromatic N) is 1. The van der Waals surface area contributed by atoms with Gasteiger partial charge in [0, 0.05) is 17.7 Å². The van der Waals surface area contributed by atoms with Gasteiger partial charge in [-0.25, -0.2) is 0 Å². The molecular weight excluding hydrogens is 230 g/mol. The molecule has 2 aliphatic rings. The number of β-amino-alcohol motifs (C(OH)–C–C–N with tert-alkyl or cyclic N) is 1. The van der Waals surface area contributed by atoms with Crippen LogP contribution < -0.4 is 4.90 Å². The Bertz CT molecular complexity index is 524. The monoisotopic (exact) mass is 245 g/mol. The zero-order chi connectivity index (χ0) is 12.7. The van der Waals surface area contributed by atoms with Crippen molar-refractivity contribution >= 4 is 17.4 Å². The molecule has 1 atom stereocenters. The molecule has 0 radical (unpaired) electrons. The molecule has 0 spiro atoms. The van der Waals surface area contributed by atoms with E-state index in [0.717, 1.165) is 29.7 Å². The summed E-state index contributed by atoms with van der Waals surface area (Å²) in [5, 5.41) is 9.50. The molecule has 4 nitrogen and oxygen atoms in total. The highest BCUT2D eigenvalue weighted by Gasteiger charge is 2.29. The van der Waals surface area contributed by atoms with Gasteiger partial charge in [-0.3, -0.25) is 9.59 Å². The molecule has 1 aliphatic carbocycles. The summed E-state index contributed by atoms with van der Waals surface area (Å²) in [6.45, 7) is 0.353. The van der Waals surface area contributed by atoms with Crippen LogP contribution in [0.4, 0.5) is 5.69 Å².